The summed E-state index contributed by atoms with van der Waals surface area (Å²) < 4.78 is 0. The van der Waals surface area contributed by atoms with Crippen molar-refractivity contribution in [2.45, 2.75) is 59.2 Å². The predicted octanol–water partition coefficient (Wildman–Crippen LogP) is 3.59. The average molecular weight is 262 g/mol. The van der Waals surface area contributed by atoms with Crippen molar-refractivity contribution in [3.8, 4) is 0 Å². The van der Waals surface area contributed by atoms with E-state index < -0.39 is 0 Å². The molecule has 0 aromatic heterocycles. The molecule has 0 saturated heterocycles. The highest BCUT2D eigenvalue weighted by atomic mass is 15.1. The van der Waals surface area contributed by atoms with E-state index in [4.69, 9.17) is 0 Å². The second-order valence-corrected chi connectivity index (χ2v) is 5.67. The van der Waals surface area contributed by atoms with E-state index in [1.165, 1.54) is 24.0 Å². The van der Waals surface area contributed by atoms with E-state index in [0.29, 0.717) is 12.1 Å². The lowest BCUT2D eigenvalue weighted by Crippen LogP contribution is -2.41. The zero-order valence-corrected chi connectivity index (χ0v) is 13.2. The molecule has 2 heteroatoms. The number of likely N-dealkylation sites (N-methyl/N-ethyl adjacent to an activating group) is 1. The molecule has 1 aromatic rings. The Morgan fingerprint density at radius 2 is 1.89 bits per heavy atom. The van der Waals surface area contributed by atoms with Gasteiger partial charge in [-0.2, -0.15) is 0 Å². The molecule has 1 unspecified atom stereocenters. The van der Waals surface area contributed by atoms with Gasteiger partial charge in [-0.25, -0.2) is 0 Å². The van der Waals surface area contributed by atoms with Gasteiger partial charge >= 0.3 is 0 Å². The Hall–Kier alpha value is -0.860. The second-order valence-electron chi connectivity index (χ2n) is 5.67. The Kier molecular flexibility index (Phi) is 7.11. The third kappa shape index (κ3) is 5.75. The van der Waals surface area contributed by atoms with Crippen molar-refractivity contribution >= 4 is 0 Å². The largest absolute Gasteiger partial charge is 0.312 e. The average Bonchev–Trinajstić information content (AvgIpc) is 2.39. The van der Waals surface area contributed by atoms with Crippen molar-refractivity contribution in [3.63, 3.8) is 0 Å². The smallest absolute Gasteiger partial charge is 0.0234 e. The number of aryl methyl sites for hydroxylation is 1. The van der Waals surface area contributed by atoms with Gasteiger partial charge in [0.25, 0.3) is 0 Å². The van der Waals surface area contributed by atoms with Crippen LogP contribution >= 0.6 is 0 Å². The van der Waals surface area contributed by atoms with Gasteiger partial charge in [-0.3, -0.25) is 4.90 Å². The minimum Gasteiger partial charge on any atom is -0.312 e. The zero-order chi connectivity index (χ0) is 14.3. The van der Waals surface area contributed by atoms with Crippen LogP contribution in [0.25, 0.3) is 0 Å². The summed E-state index contributed by atoms with van der Waals surface area (Å²) in [6.07, 6.45) is 2.43. The highest BCUT2D eigenvalue weighted by Gasteiger charge is 2.11. The fourth-order valence-electron chi connectivity index (χ4n) is 2.32. The van der Waals surface area contributed by atoms with Gasteiger partial charge in [0.15, 0.2) is 0 Å². The molecule has 0 aliphatic carbocycles. The van der Waals surface area contributed by atoms with Crippen LogP contribution in [-0.2, 0) is 6.54 Å². The van der Waals surface area contributed by atoms with E-state index in [9.17, 15) is 0 Å². The van der Waals surface area contributed by atoms with E-state index in [0.717, 1.165) is 13.1 Å². The molecule has 1 atom stereocenters. The third-order valence-electron chi connectivity index (χ3n) is 3.95. The Morgan fingerprint density at radius 1 is 1.21 bits per heavy atom. The predicted molar refractivity (Wildman–Crippen MR) is 84.5 cm³/mol. The first kappa shape index (κ1) is 16.2. The number of benzene rings is 1. The number of hydrogen-bond acceptors (Lipinski definition) is 2. The molecule has 0 spiro atoms. The maximum absolute atomic E-state index is 3.66. The minimum atomic E-state index is 0.557. The summed E-state index contributed by atoms with van der Waals surface area (Å²) in [4.78, 5) is 2.42. The van der Waals surface area contributed by atoms with Gasteiger partial charge < -0.3 is 5.32 Å². The Labute approximate surface area is 119 Å². The molecule has 0 bridgehead atoms. The van der Waals surface area contributed by atoms with Crippen LogP contribution in [0, 0.1) is 6.92 Å². The third-order valence-corrected chi connectivity index (χ3v) is 3.95. The van der Waals surface area contributed by atoms with E-state index in [1.54, 1.807) is 0 Å². The van der Waals surface area contributed by atoms with Crippen LogP contribution < -0.4 is 5.32 Å². The maximum Gasteiger partial charge on any atom is 0.0234 e. The molecule has 1 N–H and O–H groups in total. The summed E-state index contributed by atoms with van der Waals surface area (Å²) in [5.74, 6) is 0. The van der Waals surface area contributed by atoms with Crippen molar-refractivity contribution in [3.05, 3.63) is 35.4 Å². The molecule has 0 heterocycles. The molecular formula is C17H30N2. The van der Waals surface area contributed by atoms with Gasteiger partial charge in [-0.05, 0) is 39.3 Å². The number of hydrogen-bond donors (Lipinski definition) is 1. The van der Waals surface area contributed by atoms with Crippen LogP contribution in [0.1, 0.15) is 44.7 Å². The summed E-state index contributed by atoms with van der Waals surface area (Å²) in [6, 6.07) is 10.0. The molecule has 0 amide bonds. The minimum absolute atomic E-state index is 0.557. The van der Waals surface area contributed by atoms with Crippen LogP contribution in [0.15, 0.2) is 24.3 Å². The fraction of sp³-hybridized carbons (Fsp3) is 0.647. The van der Waals surface area contributed by atoms with Gasteiger partial charge in [0, 0.05) is 25.2 Å². The van der Waals surface area contributed by atoms with Gasteiger partial charge in [0.2, 0.25) is 0 Å². The summed E-state index contributed by atoms with van der Waals surface area (Å²) >= 11 is 0. The SMILES string of the molecule is CCC(CC)NCC(C)N(C)Cc1cccc(C)c1. The Morgan fingerprint density at radius 3 is 2.47 bits per heavy atom. The molecule has 0 saturated carbocycles. The first-order chi connectivity index (χ1) is 9.06. The molecular weight excluding hydrogens is 232 g/mol. The number of rotatable bonds is 8. The van der Waals surface area contributed by atoms with Gasteiger partial charge in [0.1, 0.15) is 0 Å². The Bertz CT molecular complexity index is 358. The lowest BCUT2D eigenvalue weighted by molar-refractivity contribution is 0.235. The summed E-state index contributed by atoms with van der Waals surface area (Å²) in [6.45, 7) is 11.0. The summed E-state index contributed by atoms with van der Waals surface area (Å²) in [5.41, 5.74) is 2.74. The zero-order valence-electron chi connectivity index (χ0n) is 13.2. The van der Waals surface area contributed by atoms with Crippen molar-refractivity contribution < 1.29 is 0 Å². The first-order valence-corrected chi connectivity index (χ1v) is 7.56. The maximum atomic E-state index is 3.66. The molecule has 0 aliphatic rings. The van der Waals surface area contributed by atoms with E-state index in [2.05, 4.69) is 69.2 Å². The van der Waals surface area contributed by atoms with E-state index >= 15 is 0 Å². The number of nitrogens with zero attached hydrogens (tertiary/aromatic N) is 1. The topological polar surface area (TPSA) is 15.3 Å². The van der Waals surface area contributed by atoms with Crippen molar-refractivity contribution in [2.24, 2.45) is 0 Å². The Balaban J connectivity index is 2.42. The van der Waals surface area contributed by atoms with Crippen LogP contribution in [0.4, 0.5) is 0 Å². The van der Waals surface area contributed by atoms with Crippen LogP contribution in [0.5, 0.6) is 0 Å². The normalized spacial score (nSPS) is 13.2. The lowest BCUT2D eigenvalue weighted by atomic mass is 10.1. The molecule has 19 heavy (non-hydrogen) atoms. The van der Waals surface area contributed by atoms with Crippen LogP contribution in [0.3, 0.4) is 0 Å². The van der Waals surface area contributed by atoms with Crippen LogP contribution in [-0.4, -0.2) is 30.6 Å². The number of nitrogens with one attached hydrogen (secondary N) is 1. The monoisotopic (exact) mass is 262 g/mol. The van der Waals surface area contributed by atoms with Crippen molar-refractivity contribution in [1.29, 1.82) is 0 Å². The van der Waals surface area contributed by atoms with E-state index in [1.807, 2.05) is 0 Å². The molecule has 0 radical (unpaired) electrons. The van der Waals surface area contributed by atoms with Gasteiger partial charge in [-0.15, -0.1) is 0 Å². The quantitative estimate of drug-likeness (QED) is 0.770. The van der Waals surface area contributed by atoms with Gasteiger partial charge in [0.05, 0.1) is 0 Å². The van der Waals surface area contributed by atoms with Crippen molar-refractivity contribution in [2.75, 3.05) is 13.6 Å². The molecule has 0 fully saturated rings. The second kappa shape index (κ2) is 8.34. The summed E-state index contributed by atoms with van der Waals surface area (Å²) in [5, 5.41) is 3.66. The molecule has 1 rings (SSSR count). The molecule has 0 aliphatic heterocycles. The highest BCUT2D eigenvalue weighted by Crippen LogP contribution is 2.09. The van der Waals surface area contributed by atoms with E-state index in [-0.39, 0.29) is 0 Å². The first-order valence-electron chi connectivity index (χ1n) is 7.56. The van der Waals surface area contributed by atoms with Crippen molar-refractivity contribution in [1.82, 2.24) is 10.2 Å². The molecule has 108 valence electrons. The molecule has 2 nitrogen and oxygen atoms in total. The van der Waals surface area contributed by atoms with Crippen LogP contribution in [0.2, 0.25) is 0 Å². The fourth-order valence-corrected chi connectivity index (χ4v) is 2.32. The lowest BCUT2D eigenvalue weighted by Gasteiger charge is -2.27. The standard InChI is InChI=1S/C17H30N2/c1-6-17(7-2)18-12-15(4)19(5)13-16-10-8-9-14(3)11-16/h8-11,15,17-18H,6-7,12-13H2,1-5H3. The summed E-state index contributed by atoms with van der Waals surface area (Å²) in [7, 11) is 2.21. The highest BCUT2D eigenvalue weighted by molar-refractivity contribution is 5.22. The van der Waals surface area contributed by atoms with Gasteiger partial charge in [-0.1, -0.05) is 43.7 Å². The molecule has 1 aromatic carbocycles.